The van der Waals surface area contributed by atoms with Crippen molar-refractivity contribution in [1.29, 1.82) is 0 Å². The van der Waals surface area contributed by atoms with Crippen LogP contribution in [0.2, 0.25) is 0 Å². The molecule has 4 heteroatoms. The molecule has 4 nitrogen and oxygen atoms in total. The van der Waals surface area contributed by atoms with Crippen molar-refractivity contribution in [3.05, 3.63) is 60.2 Å². The maximum absolute atomic E-state index is 12.2. The van der Waals surface area contributed by atoms with E-state index in [1.165, 1.54) is 0 Å². The zero-order valence-corrected chi connectivity index (χ0v) is 14.3. The van der Waals surface area contributed by atoms with E-state index in [-0.39, 0.29) is 5.91 Å². The third kappa shape index (κ3) is 4.88. The molecule has 0 saturated heterocycles. The van der Waals surface area contributed by atoms with Gasteiger partial charge in [0.15, 0.2) is 5.75 Å². The molecule has 0 aromatic heterocycles. The second kappa shape index (κ2) is 8.77. The number of carbonyl (C=O) groups excluding carboxylic acids is 1. The lowest BCUT2D eigenvalue weighted by Gasteiger charge is -2.13. The van der Waals surface area contributed by atoms with Gasteiger partial charge >= 0.3 is 0 Å². The van der Waals surface area contributed by atoms with Crippen LogP contribution in [0.1, 0.15) is 27.2 Å². The topological polar surface area (TPSA) is 47.6 Å². The normalized spacial score (nSPS) is 11.0. The zero-order valence-electron chi connectivity index (χ0n) is 14.3. The highest BCUT2D eigenvalue weighted by molar-refractivity contribution is 6.04. The predicted octanol–water partition coefficient (Wildman–Crippen LogP) is 5.17. The van der Waals surface area contributed by atoms with Crippen LogP contribution >= 0.6 is 0 Å². The minimum Gasteiger partial charge on any atom is -0.494 e. The summed E-state index contributed by atoms with van der Waals surface area (Å²) in [6, 6.07) is 14.8. The molecule has 2 rings (SSSR count). The first kappa shape index (κ1) is 17.6. The predicted molar refractivity (Wildman–Crippen MR) is 96.8 cm³/mol. The van der Waals surface area contributed by atoms with Crippen LogP contribution in [0.4, 0.5) is 5.69 Å². The molecule has 0 spiro atoms. The third-order valence-electron chi connectivity index (χ3n) is 3.37. The van der Waals surface area contributed by atoms with Crippen LogP contribution in [0.5, 0.6) is 17.2 Å². The number of allylic oxidation sites excluding steroid dienone is 1. The van der Waals surface area contributed by atoms with E-state index in [0.29, 0.717) is 29.4 Å². The second-order valence-electron chi connectivity index (χ2n) is 5.25. The van der Waals surface area contributed by atoms with Gasteiger partial charge < -0.3 is 14.8 Å². The van der Waals surface area contributed by atoms with Gasteiger partial charge in [-0.2, -0.15) is 0 Å². The van der Waals surface area contributed by atoms with Crippen molar-refractivity contribution in [2.75, 3.05) is 11.9 Å². The molecule has 2 aromatic rings. The molecule has 24 heavy (non-hydrogen) atoms. The molecule has 2 aromatic carbocycles. The van der Waals surface area contributed by atoms with E-state index in [1.807, 2.05) is 68.5 Å². The molecule has 0 radical (unpaired) electrons. The van der Waals surface area contributed by atoms with Gasteiger partial charge in [-0.1, -0.05) is 25.1 Å². The van der Waals surface area contributed by atoms with Gasteiger partial charge in [-0.25, -0.2) is 0 Å². The minimum atomic E-state index is -0.125. The second-order valence-corrected chi connectivity index (χ2v) is 5.25. The van der Waals surface area contributed by atoms with E-state index >= 15 is 0 Å². The summed E-state index contributed by atoms with van der Waals surface area (Å²) in [5.74, 6) is 1.95. The molecule has 0 bridgehead atoms. The molecule has 0 fully saturated rings. The molecule has 0 unspecified atom stereocenters. The number of amides is 1. The summed E-state index contributed by atoms with van der Waals surface area (Å²) in [5.41, 5.74) is 1.33. The van der Waals surface area contributed by atoms with Crippen LogP contribution in [0, 0.1) is 0 Å². The standard InChI is InChI=1S/C20H23NO3/c1-4-8-15(3)20(22)21-18-9-6-7-10-19(18)24-17-13-11-16(12-14-17)23-5-2/h6-14H,4-5H2,1-3H3,(H,21,22)/b15-8+. The smallest absolute Gasteiger partial charge is 0.251 e. The van der Waals surface area contributed by atoms with E-state index in [2.05, 4.69) is 5.32 Å². The van der Waals surface area contributed by atoms with Crippen LogP contribution in [-0.4, -0.2) is 12.5 Å². The fourth-order valence-electron chi connectivity index (χ4n) is 2.18. The Bertz CT molecular complexity index is 705. The van der Waals surface area contributed by atoms with Crippen molar-refractivity contribution in [1.82, 2.24) is 0 Å². The monoisotopic (exact) mass is 325 g/mol. The van der Waals surface area contributed by atoms with E-state index < -0.39 is 0 Å². The molecular weight excluding hydrogens is 302 g/mol. The Labute approximate surface area is 143 Å². The van der Waals surface area contributed by atoms with E-state index in [4.69, 9.17) is 9.47 Å². The van der Waals surface area contributed by atoms with Gasteiger partial charge in [-0.3, -0.25) is 4.79 Å². The fourth-order valence-corrected chi connectivity index (χ4v) is 2.18. The summed E-state index contributed by atoms with van der Waals surface area (Å²) >= 11 is 0. The molecule has 0 aliphatic heterocycles. The van der Waals surface area contributed by atoms with Crippen molar-refractivity contribution in [2.24, 2.45) is 0 Å². The van der Waals surface area contributed by atoms with Crippen LogP contribution in [0.3, 0.4) is 0 Å². The first-order chi connectivity index (χ1) is 11.6. The number of para-hydroxylation sites is 2. The van der Waals surface area contributed by atoms with E-state index in [1.54, 1.807) is 6.92 Å². The number of carbonyl (C=O) groups is 1. The Kier molecular flexibility index (Phi) is 6.43. The zero-order chi connectivity index (χ0) is 17.4. The van der Waals surface area contributed by atoms with Gasteiger partial charge in [0.2, 0.25) is 0 Å². The lowest BCUT2D eigenvalue weighted by atomic mass is 10.2. The number of hydrogen-bond donors (Lipinski definition) is 1. The summed E-state index contributed by atoms with van der Waals surface area (Å²) in [6.07, 6.45) is 2.72. The largest absolute Gasteiger partial charge is 0.494 e. The van der Waals surface area contributed by atoms with E-state index in [9.17, 15) is 4.79 Å². The molecule has 126 valence electrons. The van der Waals surface area contributed by atoms with Crippen LogP contribution in [-0.2, 0) is 4.79 Å². The quantitative estimate of drug-likeness (QED) is 0.714. The minimum absolute atomic E-state index is 0.125. The Morgan fingerprint density at radius 1 is 1.04 bits per heavy atom. The molecule has 1 amide bonds. The summed E-state index contributed by atoms with van der Waals surface area (Å²) < 4.78 is 11.3. The number of anilines is 1. The maximum atomic E-state index is 12.2. The van der Waals surface area contributed by atoms with Crippen LogP contribution in [0.15, 0.2) is 60.2 Å². The first-order valence-corrected chi connectivity index (χ1v) is 8.12. The Morgan fingerprint density at radius 3 is 2.38 bits per heavy atom. The molecule has 0 atom stereocenters. The Hall–Kier alpha value is -2.75. The highest BCUT2D eigenvalue weighted by Gasteiger charge is 2.09. The van der Waals surface area contributed by atoms with Crippen LogP contribution < -0.4 is 14.8 Å². The van der Waals surface area contributed by atoms with Gasteiger partial charge in [0.25, 0.3) is 5.91 Å². The fraction of sp³-hybridized carbons (Fsp3) is 0.250. The van der Waals surface area contributed by atoms with Gasteiger partial charge in [0.05, 0.1) is 12.3 Å². The lowest BCUT2D eigenvalue weighted by Crippen LogP contribution is -2.13. The summed E-state index contributed by atoms with van der Waals surface area (Å²) in [7, 11) is 0. The summed E-state index contributed by atoms with van der Waals surface area (Å²) in [4.78, 5) is 12.2. The Balaban J connectivity index is 2.13. The number of nitrogens with one attached hydrogen (secondary N) is 1. The van der Waals surface area contributed by atoms with Gasteiger partial charge in [0.1, 0.15) is 11.5 Å². The summed E-state index contributed by atoms with van der Waals surface area (Å²) in [5, 5.41) is 2.89. The third-order valence-corrected chi connectivity index (χ3v) is 3.37. The van der Waals surface area contributed by atoms with Crippen molar-refractivity contribution in [2.45, 2.75) is 27.2 Å². The highest BCUT2D eigenvalue weighted by atomic mass is 16.5. The molecule has 0 saturated carbocycles. The molecule has 1 N–H and O–H groups in total. The average Bonchev–Trinajstić information content (AvgIpc) is 2.59. The van der Waals surface area contributed by atoms with Crippen molar-refractivity contribution in [3.63, 3.8) is 0 Å². The van der Waals surface area contributed by atoms with Gasteiger partial charge in [-0.05, 0) is 56.7 Å². The lowest BCUT2D eigenvalue weighted by molar-refractivity contribution is -0.112. The maximum Gasteiger partial charge on any atom is 0.251 e. The van der Waals surface area contributed by atoms with E-state index in [0.717, 1.165) is 12.2 Å². The molecule has 0 aliphatic carbocycles. The Morgan fingerprint density at radius 2 is 1.71 bits per heavy atom. The first-order valence-electron chi connectivity index (χ1n) is 8.12. The highest BCUT2D eigenvalue weighted by Crippen LogP contribution is 2.30. The van der Waals surface area contributed by atoms with Crippen molar-refractivity contribution in [3.8, 4) is 17.2 Å². The van der Waals surface area contributed by atoms with Crippen molar-refractivity contribution < 1.29 is 14.3 Å². The van der Waals surface area contributed by atoms with Gasteiger partial charge in [-0.15, -0.1) is 0 Å². The molecular formula is C20H23NO3. The molecule has 0 aliphatic rings. The van der Waals surface area contributed by atoms with Crippen LogP contribution in [0.25, 0.3) is 0 Å². The SMILES string of the molecule is CC/C=C(\C)C(=O)Nc1ccccc1Oc1ccc(OCC)cc1. The number of rotatable bonds is 7. The number of benzene rings is 2. The number of ether oxygens (including phenoxy) is 2. The average molecular weight is 325 g/mol. The number of hydrogen-bond acceptors (Lipinski definition) is 3. The molecule has 0 heterocycles. The van der Waals surface area contributed by atoms with Crippen molar-refractivity contribution >= 4 is 11.6 Å². The van der Waals surface area contributed by atoms with Gasteiger partial charge in [0, 0.05) is 5.57 Å². The summed E-state index contributed by atoms with van der Waals surface area (Å²) in [6.45, 7) is 6.37.